The number of hydrogen-bond acceptors (Lipinski definition) is 6. The summed E-state index contributed by atoms with van der Waals surface area (Å²) >= 11 is 0. The molecule has 1 fully saturated rings. The molecule has 156 valence electrons. The summed E-state index contributed by atoms with van der Waals surface area (Å²) in [7, 11) is 1.63. The first-order chi connectivity index (χ1) is 14.4. The minimum atomic E-state index is -0.332. The zero-order valence-electron chi connectivity index (χ0n) is 17.1. The second-order valence-electron chi connectivity index (χ2n) is 7.24. The fourth-order valence-corrected chi connectivity index (χ4v) is 3.37. The van der Waals surface area contributed by atoms with Crippen molar-refractivity contribution < 1.29 is 9.59 Å². The minimum absolute atomic E-state index is 0.0356. The predicted octanol–water partition coefficient (Wildman–Crippen LogP) is 1.62. The summed E-state index contributed by atoms with van der Waals surface area (Å²) in [4.78, 5) is 35.3. The van der Waals surface area contributed by atoms with E-state index in [0.29, 0.717) is 36.2 Å². The van der Waals surface area contributed by atoms with E-state index in [-0.39, 0.29) is 29.2 Å². The zero-order valence-corrected chi connectivity index (χ0v) is 17.1. The number of nitrogens with two attached hydrogens (primary N) is 2. The van der Waals surface area contributed by atoms with Crippen molar-refractivity contribution in [1.29, 1.82) is 0 Å². The maximum absolute atomic E-state index is 12.8. The van der Waals surface area contributed by atoms with Crippen molar-refractivity contribution in [2.45, 2.75) is 19.4 Å². The first-order valence-corrected chi connectivity index (χ1v) is 9.69. The number of pyridine rings is 1. The fraction of sp³-hybridized carbons (Fsp3) is 0.273. The van der Waals surface area contributed by atoms with Gasteiger partial charge >= 0.3 is 0 Å². The highest BCUT2D eigenvalue weighted by atomic mass is 16.2. The van der Waals surface area contributed by atoms with E-state index in [1.54, 1.807) is 30.4 Å². The Morgan fingerprint density at radius 2 is 2.00 bits per heavy atom. The van der Waals surface area contributed by atoms with Crippen LogP contribution in [0.25, 0.3) is 5.57 Å². The molecular formula is C22H26N6O2. The van der Waals surface area contributed by atoms with Crippen LogP contribution in [0.2, 0.25) is 0 Å². The van der Waals surface area contributed by atoms with Crippen molar-refractivity contribution in [1.82, 2.24) is 15.2 Å². The summed E-state index contributed by atoms with van der Waals surface area (Å²) in [5, 5.41) is 2.96. The van der Waals surface area contributed by atoms with Crippen LogP contribution in [-0.2, 0) is 0 Å². The van der Waals surface area contributed by atoms with Gasteiger partial charge in [0.15, 0.2) is 0 Å². The zero-order chi connectivity index (χ0) is 21.7. The molecule has 1 atom stereocenters. The highest BCUT2D eigenvalue weighted by Crippen LogP contribution is 2.19. The summed E-state index contributed by atoms with van der Waals surface area (Å²) in [5.41, 5.74) is 14.8. The minimum Gasteiger partial charge on any atom is -0.404 e. The third kappa shape index (κ3) is 4.65. The number of nitrogens with zero attached hydrogens (tertiary/aromatic N) is 3. The van der Waals surface area contributed by atoms with Crippen molar-refractivity contribution in [2.24, 2.45) is 10.7 Å². The number of carbonyl (C=O) groups excluding carboxylic acids is 2. The quantitative estimate of drug-likeness (QED) is 0.650. The lowest BCUT2D eigenvalue weighted by molar-refractivity contribution is 0.0783. The van der Waals surface area contributed by atoms with Crippen LogP contribution in [0.1, 0.15) is 38.3 Å². The Hall–Kier alpha value is -3.68. The van der Waals surface area contributed by atoms with E-state index in [2.05, 4.69) is 15.3 Å². The third-order valence-corrected chi connectivity index (χ3v) is 5.05. The highest BCUT2D eigenvalue weighted by molar-refractivity contribution is 6.10. The molecule has 8 heteroatoms. The second-order valence-corrected chi connectivity index (χ2v) is 7.24. The molecule has 1 aromatic carbocycles. The molecule has 0 radical (unpaired) electrons. The number of aliphatic imine (C=N–C) groups is 1. The van der Waals surface area contributed by atoms with Crippen LogP contribution < -0.4 is 16.8 Å². The Labute approximate surface area is 175 Å². The van der Waals surface area contributed by atoms with Gasteiger partial charge in [-0.05, 0) is 31.5 Å². The first-order valence-electron chi connectivity index (χ1n) is 9.69. The SMILES string of the molecule is CN=CC(=CN)c1cnc(N)c(C(=O)NC2CCN(C(=O)c3ccc(C)cc3)C2)c1. The van der Waals surface area contributed by atoms with Crippen LogP contribution in [0.3, 0.4) is 0 Å². The smallest absolute Gasteiger partial charge is 0.255 e. The molecular weight excluding hydrogens is 380 g/mol. The number of rotatable bonds is 5. The molecule has 1 unspecified atom stereocenters. The molecule has 0 saturated carbocycles. The number of allylic oxidation sites excluding steroid dienone is 1. The average molecular weight is 406 g/mol. The summed E-state index contributed by atoms with van der Waals surface area (Å²) in [6.07, 6.45) is 5.20. The Bertz CT molecular complexity index is 997. The monoisotopic (exact) mass is 406 g/mol. The maximum Gasteiger partial charge on any atom is 0.255 e. The van der Waals surface area contributed by atoms with Crippen LogP contribution in [0.4, 0.5) is 5.82 Å². The third-order valence-electron chi connectivity index (χ3n) is 5.05. The van der Waals surface area contributed by atoms with Crippen LogP contribution in [0.5, 0.6) is 0 Å². The van der Waals surface area contributed by atoms with Gasteiger partial charge in [0.05, 0.1) is 5.56 Å². The number of aryl methyl sites for hydroxylation is 1. The van der Waals surface area contributed by atoms with E-state index in [1.165, 1.54) is 6.20 Å². The molecule has 0 bridgehead atoms. The van der Waals surface area contributed by atoms with E-state index in [1.807, 2.05) is 31.2 Å². The van der Waals surface area contributed by atoms with E-state index < -0.39 is 0 Å². The molecule has 30 heavy (non-hydrogen) atoms. The van der Waals surface area contributed by atoms with Gasteiger partial charge < -0.3 is 21.7 Å². The predicted molar refractivity (Wildman–Crippen MR) is 118 cm³/mol. The molecule has 1 aromatic heterocycles. The molecule has 0 aliphatic carbocycles. The number of likely N-dealkylation sites (tertiary alicyclic amines) is 1. The Morgan fingerprint density at radius 3 is 2.67 bits per heavy atom. The molecule has 5 N–H and O–H groups in total. The number of nitrogen functional groups attached to an aromatic ring is 1. The van der Waals surface area contributed by atoms with Gasteiger partial charge in [-0.2, -0.15) is 0 Å². The summed E-state index contributed by atoms with van der Waals surface area (Å²) in [6, 6.07) is 8.96. The fourth-order valence-electron chi connectivity index (χ4n) is 3.37. The topological polar surface area (TPSA) is 127 Å². The molecule has 3 rings (SSSR count). The largest absolute Gasteiger partial charge is 0.404 e. The van der Waals surface area contributed by atoms with Gasteiger partial charge in [0.25, 0.3) is 11.8 Å². The van der Waals surface area contributed by atoms with Crippen molar-refractivity contribution in [2.75, 3.05) is 25.9 Å². The number of amides is 2. The van der Waals surface area contributed by atoms with Crippen molar-refractivity contribution in [3.63, 3.8) is 0 Å². The van der Waals surface area contributed by atoms with Gasteiger partial charge in [-0.1, -0.05) is 17.7 Å². The van der Waals surface area contributed by atoms with E-state index in [9.17, 15) is 9.59 Å². The van der Waals surface area contributed by atoms with Crippen LogP contribution in [-0.4, -0.2) is 54.1 Å². The van der Waals surface area contributed by atoms with Gasteiger partial charge in [-0.15, -0.1) is 0 Å². The molecule has 2 aromatic rings. The van der Waals surface area contributed by atoms with Crippen LogP contribution in [0, 0.1) is 6.92 Å². The van der Waals surface area contributed by atoms with Gasteiger partial charge in [0.1, 0.15) is 5.82 Å². The van der Waals surface area contributed by atoms with E-state index in [0.717, 1.165) is 5.56 Å². The highest BCUT2D eigenvalue weighted by Gasteiger charge is 2.28. The van der Waals surface area contributed by atoms with Crippen molar-refractivity contribution in [3.05, 3.63) is 65.0 Å². The lowest BCUT2D eigenvalue weighted by Crippen LogP contribution is -2.38. The number of nitrogens with one attached hydrogen (secondary N) is 1. The van der Waals surface area contributed by atoms with Crippen LogP contribution in [0.15, 0.2) is 47.7 Å². The summed E-state index contributed by atoms with van der Waals surface area (Å²) < 4.78 is 0. The molecule has 1 saturated heterocycles. The van der Waals surface area contributed by atoms with Crippen LogP contribution >= 0.6 is 0 Å². The van der Waals surface area contributed by atoms with Gasteiger partial charge in [0, 0.05) is 61.5 Å². The van der Waals surface area contributed by atoms with Crippen molar-refractivity contribution in [3.8, 4) is 0 Å². The number of benzene rings is 1. The Morgan fingerprint density at radius 1 is 1.27 bits per heavy atom. The molecule has 8 nitrogen and oxygen atoms in total. The lowest BCUT2D eigenvalue weighted by atomic mass is 10.1. The van der Waals surface area contributed by atoms with Gasteiger partial charge in [0.2, 0.25) is 0 Å². The van der Waals surface area contributed by atoms with E-state index in [4.69, 9.17) is 11.5 Å². The molecule has 2 heterocycles. The summed E-state index contributed by atoms with van der Waals surface area (Å²) in [5.74, 6) is -0.237. The van der Waals surface area contributed by atoms with Gasteiger partial charge in [-0.3, -0.25) is 14.6 Å². The average Bonchev–Trinajstić information content (AvgIpc) is 3.21. The van der Waals surface area contributed by atoms with Gasteiger partial charge in [-0.25, -0.2) is 4.98 Å². The second kappa shape index (κ2) is 9.21. The summed E-state index contributed by atoms with van der Waals surface area (Å²) in [6.45, 7) is 3.01. The molecule has 1 aliphatic rings. The maximum atomic E-state index is 12.8. The number of anilines is 1. The number of hydrogen-bond donors (Lipinski definition) is 3. The molecule has 0 spiro atoms. The standard InChI is InChI=1S/C22H26N6O2/c1-14-3-5-15(6-4-14)22(30)28-8-7-18(13-28)27-21(29)19-9-16(12-26-20(19)24)17(10-23)11-25-2/h3-6,9-12,18H,7-8,13,23H2,1-2H3,(H2,24,26)(H,27,29). The number of carbonyl (C=O) groups is 2. The normalized spacial score (nSPS) is 16.8. The molecule has 1 aliphatic heterocycles. The number of aromatic nitrogens is 1. The Kier molecular flexibility index (Phi) is 6.46. The van der Waals surface area contributed by atoms with E-state index >= 15 is 0 Å². The first kappa shape index (κ1) is 21.0. The molecule has 2 amide bonds. The Balaban J connectivity index is 1.68. The van der Waals surface area contributed by atoms with Crippen molar-refractivity contribution >= 4 is 29.4 Å². The lowest BCUT2D eigenvalue weighted by Gasteiger charge is -2.18.